The zero-order chi connectivity index (χ0) is 13.0. The van der Waals surface area contributed by atoms with Gasteiger partial charge in [-0.3, -0.25) is 0 Å². The number of hydrogen-bond donors (Lipinski definition) is 2. The maximum Gasteiger partial charge on any atom is 0.175 e. The van der Waals surface area contributed by atoms with Gasteiger partial charge in [-0.1, -0.05) is 35.9 Å². The Bertz CT molecular complexity index is 555. The number of rotatable bonds is 2. The minimum absolute atomic E-state index is 0.548. The van der Waals surface area contributed by atoms with Crippen molar-refractivity contribution >= 4 is 40.3 Å². The molecule has 0 aliphatic heterocycles. The van der Waals surface area contributed by atoms with Crippen molar-refractivity contribution < 1.29 is 0 Å². The first kappa shape index (κ1) is 12.9. The Morgan fingerprint density at radius 3 is 2.44 bits per heavy atom. The smallest absolute Gasteiger partial charge is 0.175 e. The van der Waals surface area contributed by atoms with E-state index in [1.54, 1.807) is 0 Å². The first-order valence-corrected chi connectivity index (χ1v) is 6.33. The molecule has 2 N–H and O–H groups in total. The van der Waals surface area contributed by atoms with E-state index in [1.807, 2.05) is 55.5 Å². The quantitative estimate of drug-likeness (QED) is 0.792. The van der Waals surface area contributed by atoms with Crippen molar-refractivity contribution in [3.63, 3.8) is 0 Å². The largest absolute Gasteiger partial charge is 0.332 e. The Kier molecular flexibility index (Phi) is 4.18. The summed E-state index contributed by atoms with van der Waals surface area (Å²) in [4.78, 5) is 0. The van der Waals surface area contributed by atoms with E-state index in [4.69, 9.17) is 23.8 Å². The highest BCUT2D eigenvalue weighted by molar-refractivity contribution is 7.80. The predicted octanol–water partition coefficient (Wildman–Crippen LogP) is 4.46. The van der Waals surface area contributed by atoms with Crippen LogP contribution in [0.5, 0.6) is 0 Å². The van der Waals surface area contributed by atoms with Gasteiger partial charge in [0.1, 0.15) is 0 Å². The maximum absolute atomic E-state index is 6.05. The molecule has 2 aromatic carbocycles. The van der Waals surface area contributed by atoms with Gasteiger partial charge >= 0.3 is 0 Å². The van der Waals surface area contributed by atoms with E-state index < -0.39 is 0 Å². The average Bonchev–Trinajstić information content (AvgIpc) is 2.36. The zero-order valence-electron chi connectivity index (χ0n) is 9.91. The predicted molar refractivity (Wildman–Crippen MR) is 82.5 cm³/mol. The standard InChI is InChI=1S/C14H13ClN2S/c1-10-12(15)8-5-9-13(10)17-14(18)16-11-6-3-2-4-7-11/h2-9H,1H3,(H2,16,17,18). The molecule has 0 aliphatic rings. The fourth-order valence-corrected chi connectivity index (χ4v) is 1.95. The van der Waals surface area contributed by atoms with E-state index in [1.165, 1.54) is 0 Å². The number of nitrogens with one attached hydrogen (secondary N) is 2. The first-order valence-electron chi connectivity index (χ1n) is 5.55. The summed E-state index contributed by atoms with van der Waals surface area (Å²) in [6.45, 7) is 1.95. The summed E-state index contributed by atoms with van der Waals surface area (Å²) in [6, 6.07) is 15.5. The number of benzene rings is 2. The van der Waals surface area contributed by atoms with Gasteiger partial charge in [0.15, 0.2) is 5.11 Å². The van der Waals surface area contributed by atoms with Gasteiger partial charge in [-0.15, -0.1) is 0 Å². The fraction of sp³-hybridized carbons (Fsp3) is 0.0714. The molecule has 0 amide bonds. The Balaban J connectivity index is 2.06. The molecule has 0 bridgehead atoms. The van der Waals surface area contributed by atoms with Crippen LogP contribution in [-0.2, 0) is 0 Å². The molecule has 2 rings (SSSR count). The number of anilines is 2. The van der Waals surface area contributed by atoms with Crippen LogP contribution in [0.1, 0.15) is 5.56 Å². The Morgan fingerprint density at radius 1 is 1.00 bits per heavy atom. The molecule has 0 heterocycles. The summed E-state index contributed by atoms with van der Waals surface area (Å²) >= 11 is 11.3. The highest BCUT2D eigenvalue weighted by atomic mass is 35.5. The highest BCUT2D eigenvalue weighted by Crippen LogP contribution is 2.23. The molecule has 2 nitrogen and oxygen atoms in total. The van der Waals surface area contributed by atoms with Gasteiger partial charge in [-0.25, -0.2) is 0 Å². The summed E-state index contributed by atoms with van der Waals surface area (Å²) < 4.78 is 0. The fourth-order valence-electron chi connectivity index (χ4n) is 1.55. The molecule has 4 heteroatoms. The van der Waals surface area contributed by atoms with Gasteiger partial charge in [0.25, 0.3) is 0 Å². The van der Waals surface area contributed by atoms with Crippen molar-refractivity contribution in [2.24, 2.45) is 0 Å². The van der Waals surface area contributed by atoms with Crippen LogP contribution in [0.15, 0.2) is 48.5 Å². The summed E-state index contributed by atoms with van der Waals surface area (Å²) in [5.41, 5.74) is 2.85. The van der Waals surface area contributed by atoms with E-state index in [0.29, 0.717) is 5.11 Å². The van der Waals surface area contributed by atoms with Crippen molar-refractivity contribution in [2.45, 2.75) is 6.92 Å². The highest BCUT2D eigenvalue weighted by Gasteiger charge is 2.03. The number of hydrogen-bond acceptors (Lipinski definition) is 1. The molecule has 0 aromatic heterocycles. The molecule has 0 radical (unpaired) electrons. The lowest BCUT2D eigenvalue weighted by Gasteiger charge is -2.13. The maximum atomic E-state index is 6.05. The second-order valence-corrected chi connectivity index (χ2v) is 4.67. The summed E-state index contributed by atoms with van der Waals surface area (Å²) in [5.74, 6) is 0. The Morgan fingerprint density at radius 2 is 1.72 bits per heavy atom. The van der Waals surface area contributed by atoms with E-state index in [-0.39, 0.29) is 0 Å². The minimum Gasteiger partial charge on any atom is -0.332 e. The Labute approximate surface area is 117 Å². The summed E-state index contributed by atoms with van der Waals surface area (Å²) in [5, 5.41) is 7.52. The van der Waals surface area contributed by atoms with Gasteiger partial charge < -0.3 is 10.6 Å². The molecule has 0 aliphatic carbocycles. The van der Waals surface area contributed by atoms with Gasteiger partial charge in [0.05, 0.1) is 0 Å². The molecule has 0 saturated carbocycles. The Hall–Kier alpha value is -1.58. The molecule has 0 fully saturated rings. The van der Waals surface area contributed by atoms with E-state index >= 15 is 0 Å². The van der Waals surface area contributed by atoms with Gasteiger partial charge in [-0.05, 0) is 49.0 Å². The zero-order valence-corrected chi connectivity index (χ0v) is 11.5. The number of thiocarbonyl (C=S) groups is 1. The molecule has 0 saturated heterocycles. The van der Waals surface area contributed by atoms with Crippen molar-refractivity contribution in [3.8, 4) is 0 Å². The molecule has 92 valence electrons. The van der Waals surface area contributed by atoms with Crippen LogP contribution in [-0.4, -0.2) is 5.11 Å². The molecular weight excluding hydrogens is 264 g/mol. The topological polar surface area (TPSA) is 24.1 Å². The van der Waals surface area contributed by atoms with Crippen LogP contribution in [0.4, 0.5) is 11.4 Å². The van der Waals surface area contributed by atoms with Crippen LogP contribution in [0.25, 0.3) is 0 Å². The van der Waals surface area contributed by atoms with E-state index in [9.17, 15) is 0 Å². The van der Waals surface area contributed by atoms with Crippen molar-refractivity contribution in [2.75, 3.05) is 10.6 Å². The van der Waals surface area contributed by atoms with Crippen molar-refractivity contribution in [3.05, 3.63) is 59.1 Å². The van der Waals surface area contributed by atoms with Crippen LogP contribution >= 0.6 is 23.8 Å². The van der Waals surface area contributed by atoms with Crippen LogP contribution in [0, 0.1) is 6.92 Å². The third-order valence-electron chi connectivity index (χ3n) is 2.55. The van der Waals surface area contributed by atoms with E-state index in [0.717, 1.165) is 22.0 Å². The second-order valence-electron chi connectivity index (χ2n) is 3.86. The van der Waals surface area contributed by atoms with Gasteiger partial charge in [0.2, 0.25) is 0 Å². The lowest BCUT2D eigenvalue weighted by molar-refractivity contribution is 1.45. The van der Waals surface area contributed by atoms with Crippen LogP contribution < -0.4 is 10.6 Å². The molecule has 0 atom stereocenters. The second kappa shape index (κ2) is 5.85. The monoisotopic (exact) mass is 276 g/mol. The van der Waals surface area contributed by atoms with Crippen LogP contribution in [0.3, 0.4) is 0 Å². The molecule has 0 spiro atoms. The minimum atomic E-state index is 0.548. The summed E-state index contributed by atoms with van der Waals surface area (Å²) in [7, 11) is 0. The lowest BCUT2D eigenvalue weighted by Crippen LogP contribution is -2.19. The SMILES string of the molecule is Cc1c(Cl)cccc1NC(=S)Nc1ccccc1. The summed E-state index contributed by atoms with van der Waals surface area (Å²) in [6.07, 6.45) is 0. The number of halogens is 1. The third-order valence-corrected chi connectivity index (χ3v) is 3.16. The average molecular weight is 277 g/mol. The normalized spacial score (nSPS) is 9.89. The lowest BCUT2D eigenvalue weighted by atomic mass is 10.2. The molecule has 2 aromatic rings. The molecule has 0 unspecified atom stereocenters. The van der Waals surface area contributed by atoms with Gasteiger partial charge in [-0.2, -0.15) is 0 Å². The van der Waals surface area contributed by atoms with Gasteiger partial charge in [0, 0.05) is 16.4 Å². The molecular formula is C14H13ClN2S. The number of para-hydroxylation sites is 1. The third kappa shape index (κ3) is 3.22. The van der Waals surface area contributed by atoms with Crippen LogP contribution in [0.2, 0.25) is 5.02 Å². The first-order chi connectivity index (χ1) is 8.66. The van der Waals surface area contributed by atoms with Crippen molar-refractivity contribution in [1.82, 2.24) is 0 Å². The van der Waals surface area contributed by atoms with Crippen molar-refractivity contribution in [1.29, 1.82) is 0 Å². The van der Waals surface area contributed by atoms with E-state index in [2.05, 4.69) is 10.6 Å². The molecule has 18 heavy (non-hydrogen) atoms.